The van der Waals surface area contributed by atoms with Gasteiger partial charge in [0.2, 0.25) is 0 Å². The number of hydrogen-bond donors (Lipinski definition) is 2. The van der Waals surface area contributed by atoms with Crippen LogP contribution >= 0.6 is 0 Å². The van der Waals surface area contributed by atoms with E-state index in [1.54, 1.807) is 7.11 Å². The normalized spacial score (nSPS) is 20.2. The molecule has 90 valence electrons. The summed E-state index contributed by atoms with van der Waals surface area (Å²) < 4.78 is 6.90. The quantitative estimate of drug-likeness (QED) is 0.746. The molecule has 2 heterocycles. The molecular formula is C11H20N4O. The van der Waals surface area contributed by atoms with Crippen molar-refractivity contribution in [1.82, 2.24) is 15.1 Å². The Morgan fingerprint density at radius 2 is 2.62 bits per heavy atom. The molecule has 0 spiro atoms. The van der Waals surface area contributed by atoms with Crippen LogP contribution in [0.5, 0.6) is 0 Å². The molecule has 0 amide bonds. The molecule has 5 nitrogen and oxygen atoms in total. The number of nitrogens with zero attached hydrogens (tertiary/aromatic N) is 2. The summed E-state index contributed by atoms with van der Waals surface area (Å²) >= 11 is 0. The molecule has 1 aliphatic rings. The first kappa shape index (κ1) is 11.4. The summed E-state index contributed by atoms with van der Waals surface area (Å²) in [7, 11) is 1.70. The van der Waals surface area contributed by atoms with E-state index in [-0.39, 0.29) is 0 Å². The van der Waals surface area contributed by atoms with Gasteiger partial charge in [0.05, 0.1) is 25.0 Å². The molecule has 1 aromatic rings. The second kappa shape index (κ2) is 5.86. The van der Waals surface area contributed by atoms with Crippen molar-refractivity contribution in [2.75, 3.05) is 32.1 Å². The first-order valence-electron chi connectivity index (χ1n) is 5.87. The van der Waals surface area contributed by atoms with E-state index in [0.29, 0.717) is 12.6 Å². The highest BCUT2D eigenvalue weighted by Gasteiger charge is 2.13. The fraction of sp³-hybridized carbons (Fsp3) is 0.727. The zero-order valence-corrected chi connectivity index (χ0v) is 9.78. The minimum Gasteiger partial charge on any atom is -0.383 e. The van der Waals surface area contributed by atoms with Gasteiger partial charge in [-0.25, -0.2) is 0 Å². The maximum atomic E-state index is 5.01. The molecule has 16 heavy (non-hydrogen) atoms. The van der Waals surface area contributed by atoms with Crippen LogP contribution in [0.2, 0.25) is 0 Å². The van der Waals surface area contributed by atoms with Crippen LogP contribution in [-0.4, -0.2) is 42.6 Å². The predicted octanol–water partition coefficient (Wildman–Crippen LogP) is 0.693. The van der Waals surface area contributed by atoms with E-state index in [0.717, 1.165) is 25.3 Å². The third-order valence-corrected chi connectivity index (χ3v) is 2.87. The monoisotopic (exact) mass is 224 g/mol. The molecule has 0 saturated carbocycles. The Morgan fingerprint density at radius 1 is 1.69 bits per heavy atom. The minimum atomic E-state index is 0.613. The van der Waals surface area contributed by atoms with E-state index >= 15 is 0 Å². The standard InChI is InChI=1S/C11H20N4O/c1-16-6-5-15-9-11(8-14-15)13-7-10-3-2-4-12-10/h8-10,12-13H,2-7H2,1H3. The highest BCUT2D eigenvalue weighted by molar-refractivity contribution is 5.38. The lowest BCUT2D eigenvalue weighted by atomic mass is 10.2. The van der Waals surface area contributed by atoms with Crippen molar-refractivity contribution in [2.45, 2.75) is 25.4 Å². The van der Waals surface area contributed by atoms with Gasteiger partial charge in [-0.1, -0.05) is 0 Å². The first-order chi connectivity index (χ1) is 7.88. The summed E-state index contributed by atoms with van der Waals surface area (Å²) in [5.41, 5.74) is 1.09. The van der Waals surface area contributed by atoms with Crippen LogP contribution in [0.3, 0.4) is 0 Å². The Kier molecular flexibility index (Phi) is 4.18. The number of hydrogen-bond acceptors (Lipinski definition) is 4. The average Bonchev–Trinajstić information content (AvgIpc) is 2.95. The number of ether oxygens (including phenoxy) is 1. The van der Waals surface area contributed by atoms with Gasteiger partial charge in [-0.3, -0.25) is 4.68 Å². The summed E-state index contributed by atoms with van der Waals surface area (Å²) in [4.78, 5) is 0. The Morgan fingerprint density at radius 3 is 3.38 bits per heavy atom. The largest absolute Gasteiger partial charge is 0.383 e. The van der Waals surface area contributed by atoms with Gasteiger partial charge >= 0.3 is 0 Å². The van der Waals surface area contributed by atoms with E-state index in [4.69, 9.17) is 4.74 Å². The fourth-order valence-electron chi connectivity index (χ4n) is 1.93. The van der Waals surface area contributed by atoms with E-state index in [2.05, 4.69) is 15.7 Å². The number of methoxy groups -OCH3 is 1. The Balaban J connectivity index is 1.73. The van der Waals surface area contributed by atoms with Gasteiger partial charge < -0.3 is 15.4 Å². The average molecular weight is 224 g/mol. The molecule has 0 bridgehead atoms. The zero-order chi connectivity index (χ0) is 11.2. The van der Waals surface area contributed by atoms with Crippen LogP contribution in [0, 0.1) is 0 Å². The molecule has 1 unspecified atom stereocenters. The van der Waals surface area contributed by atoms with Crippen molar-refractivity contribution in [3.05, 3.63) is 12.4 Å². The lowest BCUT2D eigenvalue weighted by Crippen LogP contribution is -2.29. The van der Waals surface area contributed by atoms with Crippen LogP contribution in [0.4, 0.5) is 5.69 Å². The number of nitrogens with one attached hydrogen (secondary N) is 2. The fourth-order valence-corrected chi connectivity index (χ4v) is 1.93. The Hall–Kier alpha value is -1.07. The number of rotatable bonds is 6. The minimum absolute atomic E-state index is 0.613. The van der Waals surface area contributed by atoms with Crippen molar-refractivity contribution in [1.29, 1.82) is 0 Å². The van der Waals surface area contributed by atoms with Gasteiger partial charge in [0, 0.05) is 25.9 Å². The molecule has 1 atom stereocenters. The molecule has 5 heteroatoms. The van der Waals surface area contributed by atoms with Crippen LogP contribution < -0.4 is 10.6 Å². The summed E-state index contributed by atoms with van der Waals surface area (Å²) in [6, 6.07) is 0.613. The molecule has 2 N–H and O–H groups in total. The van der Waals surface area contributed by atoms with Crippen LogP contribution in [0.25, 0.3) is 0 Å². The molecule has 0 aromatic carbocycles. The topological polar surface area (TPSA) is 51.1 Å². The molecule has 1 fully saturated rings. The number of anilines is 1. The van der Waals surface area contributed by atoms with Crippen molar-refractivity contribution in [3.8, 4) is 0 Å². The lowest BCUT2D eigenvalue weighted by molar-refractivity contribution is 0.183. The van der Waals surface area contributed by atoms with Gasteiger partial charge in [0.25, 0.3) is 0 Å². The van der Waals surface area contributed by atoms with Gasteiger partial charge in [-0.15, -0.1) is 0 Å². The van der Waals surface area contributed by atoms with Crippen LogP contribution in [-0.2, 0) is 11.3 Å². The van der Waals surface area contributed by atoms with E-state index in [1.165, 1.54) is 12.8 Å². The summed E-state index contributed by atoms with van der Waals surface area (Å²) in [5.74, 6) is 0. The SMILES string of the molecule is COCCn1cc(NCC2CCCN2)cn1. The maximum Gasteiger partial charge on any atom is 0.0727 e. The highest BCUT2D eigenvalue weighted by Crippen LogP contribution is 2.08. The maximum absolute atomic E-state index is 5.01. The Bertz CT molecular complexity index is 307. The molecule has 1 saturated heterocycles. The second-order valence-electron chi connectivity index (χ2n) is 4.16. The smallest absolute Gasteiger partial charge is 0.0727 e. The lowest BCUT2D eigenvalue weighted by Gasteiger charge is -2.10. The zero-order valence-electron chi connectivity index (χ0n) is 9.78. The Labute approximate surface area is 96.2 Å². The molecule has 0 aliphatic carbocycles. The van der Waals surface area contributed by atoms with Gasteiger partial charge in [-0.05, 0) is 19.4 Å². The van der Waals surface area contributed by atoms with Crippen molar-refractivity contribution < 1.29 is 4.74 Å². The summed E-state index contributed by atoms with van der Waals surface area (Å²) in [5, 5.41) is 11.1. The van der Waals surface area contributed by atoms with Gasteiger partial charge in [-0.2, -0.15) is 5.10 Å². The highest BCUT2D eigenvalue weighted by atomic mass is 16.5. The van der Waals surface area contributed by atoms with Gasteiger partial charge in [0.1, 0.15) is 0 Å². The molecular weight excluding hydrogens is 204 g/mol. The van der Waals surface area contributed by atoms with Gasteiger partial charge in [0.15, 0.2) is 0 Å². The molecule has 1 aliphatic heterocycles. The van der Waals surface area contributed by atoms with Crippen LogP contribution in [0.1, 0.15) is 12.8 Å². The van der Waals surface area contributed by atoms with E-state index in [9.17, 15) is 0 Å². The van der Waals surface area contributed by atoms with Crippen molar-refractivity contribution in [3.63, 3.8) is 0 Å². The predicted molar refractivity (Wildman–Crippen MR) is 63.6 cm³/mol. The third kappa shape index (κ3) is 3.21. The summed E-state index contributed by atoms with van der Waals surface area (Å²) in [6.07, 6.45) is 6.45. The first-order valence-corrected chi connectivity index (χ1v) is 5.87. The van der Waals surface area contributed by atoms with E-state index in [1.807, 2.05) is 17.1 Å². The molecule has 1 aromatic heterocycles. The van der Waals surface area contributed by atoms with E-state index < -0.39 is 0 Å². The van der Waals surface area contributed by atoms with Crippen molar-refractivity contribution >= 4 is 5.69 Å². The second-order valence-corrected chi connectivity index (χ2v) is 4.16. The third-order valence-electron chi connectivity index (χ3n) is 2.87. The van der Waals surface area contributed by atoms with Crippen LogP contribution in [0.15, 0.2) is 12.4 Å². The van der Waals surface area contributed by atoms with Crippen molar-refractivity contribution in [2.24, 2.45) is 0 Å². The number of aromatic nitrogens is 2. The molecule has 2 rings (SSSR count). The molecule has 0 radical (unpaired) electrons. The summed E-state index contributed by atoms with van der Waals surface area (Å²) in [6.45, 7) is 3.64.